The van der Waals surface area contributed by atoms with Gasteiger partial charge in [0.05, 0.1) is 19.3 Å². The number of imide groups is 1. The molecule has 1 aromatic rings. The van der Waals surface area contributed by atoms with Crippen molar-refractivity contribution in [2.24, 2.45) is 11.8 Å². The summed E-state index contributed by atoms with van der Waals surface area (Å²) in [7, 11) is 0. The summed E-state index contributed by atoms with van der Waals surface area (Å²) in [6.45, 7) is 6.36. The molecule has 4 amide bonds. The molecule has 2 bridgehead atoms. The van der Waals surface area contributed by atoms with Gasteiger partial charge in [-0.05, 0) is 64.4 Å². The van der Waals surface area contributed by atoms with E-state index in [1.807, 2.05) is 49.1 Å². The highest BCUT2D eigenvalue weighted by molar-refractivity contribution is 6.07. The second-order valence-corrected chi connectivity index (χ2v) is 13.5. The van der Waals surface area contributed by atoms with Crippen molar-refractivity contribution in [1.29, 1.82) is 0 Å². The molecule has 0 radical (unpaired) electrons. The molecule has 4 saturated heterocycles. The number of nitrogens with zero attached hydrogens (tertiary/aromatic N) is 3. The van der Waals surface area contributed by atoms with Crippen molar-refractivity contribution in [3.63, 3.8) is 0 Å². The van der Waals surface area contributed by atoms with Crippen LogP contribution < -0.4 is 5.32 Å². The van der Waals surface area contributed by atoms with Crippen molar-refractivity contribution in [3.8, 4) is 0 Å². The van der Waals surface area contributed by atoms with E-state index in [-0.39, 0.29) is 79.5 Å². The molecule has 4 heterocycles. The van der Waals surface area contributed by atoms with E-state index in [9.17, 15) is 23.2 Å². The smallest absolute Gasteiger partial charge is 0.327 e. The number of alkyl halides is 2. The molecule has 5 fully saturated rings. The molecule has 2 unspecified atom stereocenters. The van der Waals surface area contributed by atoms with Gasteiger partial charge in [-0.25, -0.2) is 13.6 Å². The molecule has 5 aliphatic rings. The average molecular weight is 587 g/mol. The van der Waals surface area contributed by atoms with Crippen LogP contribution >= 0.6 is 0 Å². The maximum Gasteiger partial charge on any atom is 0.327 e. The zero-order valence-corrected chi connectivity index (χ0v) is 24.8. The van der Waals surface area contributed by atoms with Gasteiger partial charge in [-0.2, -0.15) is 0 Å². The number of carbonyl (C=O) groups excluding carboxylic acids is 3. The number of ether oxygens (including phenoxy) is 1. The first kappa shape index (κ1) is 29.5. The molecular formula is C32H44F2N4O4. The first-order valence-electron chi connectivity index (χ1n) is 15.8. The number of carbonyl (C=O) groups is 3. The standard InChI is InChI=1S/C32H44F2N4O4/c1-21(2)38-30(41)37(18-22-19-42-20-22)29(40)31(38)16-25-8-9-26(17-31)36(25)15-12-27(23-6-4-3-5-7-23)35-28(39)24-10-13-32(33,34)14-11-24/h3-7,21-22,24-27H,8-20H2,1-2H3,(H,35,39)/t25?,26?,27-,31?/m0/s1. The molecule has 6 rings (SSSR count). The minimum Gasteiger partial charge on any atom is -0.381 e. The summed E-state index contributed by atoms with van der Waals surface area (Å²) in [5.74, 6) is -3.02. The van der Waals surface area contributed by atoms with E-state index in [4.69, 9.17) is 4.74 Å². The predicted molar refractivity (Wildman–Crippen MR) is 153 cm³/mol. The topological polar surface area (TPSA) is 82.2 Å². The number of nitrogens with one attached hydrogen (secondary N) is 1. The third-order valence-corrected chi connectivity index (χ3v) is 10.4. The maximum atomic E-state index is 14.0. The Morgan fingerprint density at radius 3 is 2.24 bits per heavy atom. The number of rotatable bonds is 9. The van der Waals surface area contributed by atoms with Gasteiger partial charge in [-0.15, -0.1) is 0 Å². The predicted octanol–water partition coefficient (Wildman–Crippen LogP) is 4.74. The summed E-state index contributed by atoms with van der Waals surface area (Å²) < 4.78 is 32.7. The maximum absolute atomic E-state index is 14.0. The van der Waals surface area contributed by atoms with E-state index < -0.39 is 11.5 Å². The van der Waals surface area contributed by atoms with Crippen LogP contribution in [0.4, 0.5) is 13.6 Å². The quantitative estimate of drug-likeness (QED) is 0.423. The Balaban J connectivity index is 1.14. The molecule has 1 N–H and O–H groups in total. The van der Waals surface area contributed by atoms with Gasteiger partial charge in [0.15, 0.2) is 0 Å². The van der Waals surface area contributed by atoms with Gasteiger partial charge in [0.1, 0.15) is 5.54 Å². The fraction of sp³-hybridized carbons (Fsp3) is 0.719. The number of benzene rings is 1. The van der Waals surface area contributed by atoms with Crippen LogP contribution in [0, 0.1) is 11.8 Å². The number of halogens is 2. The van der Waals surface area contributed by atoms with E-state index in [2.05, 4.69) is 10.2 Å². The van der Waals surface area contributed by atoms with E-state index in [1.54, 1.807) is 0 Å². The first-order valence-corrected chi connectivity index (χ1v) is 15.8. The van der Waals surface area contributed by atoms with Crippen LogP contribution in [-0.4, -0.2) is 88.4 Å². The van der Waals surface area contributed by atoms with Gasteiger partial charge >= 0.3 is 6.03 Å². The largest absolute Gasteiger partial charge is 0.381 e. The second-order valence-electron chi connectivity index (χ2n) is 13.5. The van der Waals surface area contributed by atoms with E-state index in [1.165, 1.54) is 4.90 Å². The lowest BCUT2D eigenvalue weighted by atomic mass is 9.80. The lowest BCUT2D eigenvalue weighted by Gasteiger charge is -2.48. The molecule has 3 atom stereocenters. The summed E-state index contributed by atoms with van der Waals surface area (Å²) in [6, 6.07) is 9.76. The minimum atomic E-state index is -2.67. The Bertz CT molecular complexity index is 1150. The van der Waals surface area contributed by atoms with Gasteiger partial charge in [-0.3, -0.25) is 19.4 Å². The van der Waals surface area contributed by atoms with Crippen LogP contribution in [0.25, 0.3) is 0 Å². The molecule has 10 heteroatoms. The molecule has 1 saturated carbocycles. The highest BCUT2D eigenvalue weighted by Gasteiger charge is 2.63. The molecule has 1 aromatic carbocycles. The SMILES string of the molecule is CC(C)N1C(=O)N(CC2COC2)C(=O)C12CC1CCC(C2)N1CC[C@H](NC(=O)C1CCC(F)(F)CC1)c1ccccc1. The number of urea groups is 1. The van der Waals surface area contributed by atoms with Crippen LogP contribution in [-0.2, 0) is 14.3 Å². The summed E-state index contributed by atoms with van der Waals surface area (Å²) in [6.07, 6.45) is 3.86. The highest BCUT2D eigenvalue weighted by Crippen LogP contribution is 2.48. The lowest BCUT2D eigenvalue weighted by Crippen LogP contribution is -2.61. The van der Waals surface area contributed by atoms with Crippen LogP contribution in [0.15, 0.2) is 30.3 Å². The molecule has 8 nitrogen and oxygen atoms in total. The van der Waals surface area contributed by atoms with Crippen molar-refractivity contribution >= 4 is 17.8 Å². The summed E-state index contributed by atoms with van der Waals surface area (Å²) in [5.41, 5.74) is 0.208. The molecule has 0 aromatic heterocycles. The van der Waals surface area contributed by atoms with Crippen molar-refractivity contribution in [3.05, 3.63) is 35.9 Å². The fourth-order valence-corrected chi connectivity index (χ4v) is 8.21. The van der Waals surface area contributed by atoms with E-state index >= 15 is 0 Å². The van der Waals surface area contributed by atoms with Gasteiger partial charge < -0.3 is 15.0 Å². The molecule has 42 heavy (non-hydrogen) atoms. The van der Waals surface area contributed by atoms with Gasteiger partial charge in [0, 0.05) is 55.9 Å². The Hall–Kier alpha value is -2.59. The minimum absolute atomic E-state index is 0.0443. The third-order valence-electron chi connectivity index (χ3n) is 10.4. The van der Waals surface area contributed by atoms with Gasteiger partial charge in [0.2, 0.25) is 11.8 Å². The second kappa shape index (κ2) is 11.5. The van der Waals surface area contributed by atoms with Gasteiger partial charge in [0.25, 0.3) is 5.91 Å². The molecule has 1 spiro atoms. The lowest BCUT2D eigenvalue weighted by molar-refractivity contribution is -0.140. The average Bonchev–Trinajstić information content (AvgIpc) is 3.28. The normalized spacial score (nSPS) is 30.8. The van der Waals surface area contributed by atoms with Crippen LogP contribution in [0.5, 0.6) is 0 Å². The summed E-state index contributed by atoms with van der Waals surface area (Å²) in [4.78, 5) is 46.6. The number of amides is 4. The summed E-state index contributed by atoms with van der Waals surface area (Å²) in [5, 5.41) is 3.20. The number of fused-ring (bicyclic) bond motifs is 2. The highest BCUT2D eigenvalue weighted by atomic mass is 19.3. The Labute approximate surface area is 247 Å². The van der Waals surface area contributed by atoms with Crippen molar-refractivity contribution in [2.45, 2.75) is 107 Å². The third kappa shape index (κ3) is 5.45. The first-order chi connectivity index (χ1) is 20.1. The van der Waals surface area contributed by atoms with Crippen molar-refractivity contribution in [2.75, 3.05) is 26.3 Å². The van der Waals surface area contributed by atoms with E-state index in [0.717, 1.165) is 24.9 Å². The fourth-order valence-electron chi connectivity index (χ4n) is 8.21. The molecule has 230 valence electrons. The van der Waals surface area contributed by atoms with Crippen LogP contribution in [0.1, 0.15) is 83.2 Å². The summed E-state index contributed by atoms with van der Waals surface area (Å²) >= 11 is 0. The van der Waals surface area contributed by atoms with Crippen LogP contribution in [0.2, 0.25) is 0 Å². The van der Waals surface area contributed by atoms with Crippen molar-refractivity contribution in [1.82, 2.24) is 20.0 Å². The molecule has 1 aliphatic carbocycles. The Morgan fingerprint density at radius 2 is 1.67 bits per heavy atom. The molecular weight excluding hydrogens is 542 g/mol. The zero-order valence-electron chi connectivity index (χ0n) is 24.8. The zero-order chi connectivity index (χ0) is 29.6. The van der Waals surface area contributed by atoms with Gasteiger partial charge in [-0.1, -0.05) is 30.3 Å². The Morgan fingerprint density at radius 1 is 1.02 bits per heavy atom. The number of hydrogen-bond donors (Lipinski definition) is 1. The monoisotopic (exact) mass is 586 g/mol. The van der Waals surface area contributed by atoms with E-state index in [0.29, 0.717) is 39.0 Å². The number of hydrogen-bond acceptors (Lipinski definition) is 5. The number of piperidine rings is 1. The van der Waals surface area contributed by atoms with Crippen molar-refractivity contribution < 1.29 is 27.9 Å². The molecule has 4 aliphatic heterocycles. The Kier molecular flexibility index (Phi) is 8.06. The van der Waals surface area contributed by atoms with Crippen LogP contribution in [0.3, 0.4) is 0 Å².